The summed E-state index contributed by atoms with van der Waals surface area (Å²) in [5, 5.41) is 4.71. The van der Waals surface area contributed by atoms with Crippen LogP contribution in [-0.4, -0.2) is 28.1 Å². The lowest BCUT2D eigenvalue weighted by Gasteiger charge is -2.21. The normalized spacial score (nSPS) is 15.2. The standard InChI is InChI=1S/C18H20N2O3S/c1-23-18(22)17-15(24-14-10-6-3-7-11-14)12-16(21)20(19-17)13-8-4-2-5-9-13/h2,4-5,8-9,12,14H,3,6-7,10-11H2,1H3. The Labute approximate surface area is 145 Å². The molecule has 5 nitrogen and oxygen atoms in total. The van der Waals surface area contributed by atoms with Crippen LogP contribution >= 0.6 is 11.8 Å². The number of aromatic nitrogens is 2. The van der Waals surface area contributed by atoms with Crippen LogP contribution in [0.2, 0.25) is 0 Å². The number of carbonyl (C=O) groups excluding carboxylic acids is 1. The number of rotatable bonds is 4. The second-order valence-corrected chi connectivity index (χ2v) is 7.15. The van der Waals surface area contributed by atoms with Gasteiger partial charge in [0.1, 0.15) is 0 Å². The van der Waals surface area contributed by atoms with Crippen LogP contribution in [0.4, 0.5) is 0 Å². The highest BCUT2D eigenvalue weighted by molar-refractivity contribution is 8.00. The highest BCUT2D eigenvalue weighted by atomic mass is 32.2. The largest absolute Gasteiger partial charge is 0.464 e. The second-order valence-electron chi connectivity index (χ2n) is 5.81. The fourth-order valence-corrected chi connectivity index (χ4v) is 4.22. The van der Waals surface area contributed by atoms with Crippen LogP contribution in [0.3, 0.4) is 0 Å². The number of hydrogen-bond donors (Lipinski definition) is 0. The molecule has 0 bridgehead atoms. The average molecular weight is 344 g/mol. The van der Waals surface area contributed by atoms with Crippen LogP contribution in [0.1, 0.15) is 42.6 Å². The predicted octanol–water partition coefficient (Wildman–Crippen LogP) is 3.44. The van der Waals surface area contributed by atoms with E-state index in [-0.39, 0.29) is 11.3 Å². The third kappa shape index (κ3) is 3.70. The van der Waals surface area contributed by atoms with Gasteiger partial charge in [-0.1, -0.05) is 37.5 Å². The lowest BCUT2D eigenvalue weighted by atomic mass is 10.0. The van der Waals surface area contributed by atoms with Crippen LogP contribution in [0, 0.1) is 0 Å². The smallest absolute Gasteiger partial charge is 0.359 e. The van der Waals surface area contributed by atoms with E-state index in [1.54, 1.807) is 23.9 Å². The molecule has 0 spiro atoms. The van der Waals surface area contributed by atoms with E-state index in [0.717, 1.165) is 12.8 Å². The zero-order valence-corrected chi connectivity index (χ0v) is 14.4. The number of hydrogen-bond acceptors (Lipinski definition) is 5. The van der Waals surface area contributed by atoms with Crippen molar-refractivity contribution in [2.45, 2.75) is 42.2 Å². The van der Waals surface area contributed by atoms with Gasteiger partial charge in [0.05, 0.1) is 12.8 Å². The van der Waals surface area contributed by atoms with Crippen molar-refractivity contribution in [1.82, 2.24) is 9.78 Å². The molecule has 6 heteroatoms. The van der Waals surface area contributed by atoms with Crippen molar-refractivity contribution >= 4 is 17.7 Å². The highest BCUT2D eigenvalue weighted by Crippen LogP contribution is 2.34. The molecule has 1 aliphatic carbocycles. The zero-order valence-electron chi connectivity index (χ0n) is 13.6. The van der Waals surface area contributed by atoms with Crippen LogP contribution in [0.15, 0.2) is 46.1 Å². The summed E-state index contributed by atoms with van der Waals surface area (Å²) in [6.07, 6.45) is 5.86. The summed E-state index contributed by atoms with van der Waals surface area (Å²) in [4.78, 5) is 25.3. The molecule has 0 aliphatic heterocycles. The topological polar surface area (TPSA) is 61.2 Å². The van der Waals surface area contributed by atoms with Gasteiger partial charge in [0.2, 0.25) is 0 Å². The predicted molar refractivity (Wildman–Crippen MR) is 93.9 cm³/mol. The van der Waals surface area contributed by atoms with Crippen molar-refractivity contribution in [2.24, 2.45) is 0 Å². The molecule has 3 rings (SSSR count). The summed E-state index contributed by atoms with van der Waals surface area (Å²) in [7, 11) is 1.33. The molecule has 0 saturated heterocycles. The molecule has 2 aromatic rings. The number of nitrogens with zero attached hydrogens (tertiary/aromatic N) is 2. The van der Waals surface area contributed by atoms with Gasteiger partial charge in [0, 0.05) is 16.2 Å². The Morgan fingerprint density at radius 1 is 1.21 bits per heavy atom. The summed E-state index contributed by atoms with van der Waals surface area (Å²) in [6, 6.07) is 10.6. The minimum atomic E-state index is -0.516. The minimum Gasteiger partial charge on any atom is -0.464 e. The van der Waals surface area contributed by atoms with E-state index in [0.29, 0.717) is 15.8 Å². The molecule has 0 N–H and O–H groups in total. The maximum atomic E-state index is 12.5. The lowest BCUT2D eigenvalue weighted by molar-refractivity contribution is 0.0587. The Kier molecular flexibility index (Phi) is 5.35. The summed E-state index contributed by atoms with van der Waals surface area (Å²) in [5.74, 6) is -0.516. The number of esters is 1. The molecule has 1 aromatic heterocycles. The first kappa shape index (κ1) is 16.8. The van der Waals surface area contributed by atoms with Gasteiger partial charge in [-0.15, -0.1) is 11.8 Å². The van der Waals surface area contributed by atoms with Crippen molar-refractivity contribution in [3.05, 3.63) is 52.4 Å². The SMILES string of the molecule is COC(=O)c1nn(-c2ccccc2)c(=O)cc1SC1CCCCC1. The average Bonchev–Trinajstić information content (AvgIpc) is 2.63. The van der Waals surface area contributed by atoms with Gasteiger partial charge in [-0.05, 0) is 25.0 Å². The van der Waals surface area contributed by atoms with Crippen LogP contribution < -0.4 is 5.56 Å². The number of carbonyl (C=O) groups is 1. The minimum absolute atomic E-state index is 0.205. The van der Waals surface area contributed by atoms with E-state index in [1.165, 1.54) is 37.1 Å². The van der Waals surface area contributed by atoms with E-state index in [9.17, 15) is 9.59 Å². The summed E-state index contributed by atoms with van der Waals surface area (Å²) in [5.41, 5.74) is 0.588. The van der Waals surface area contributed by atoms with Crippen molar-refractivity contribution in [2.75, 3.05) is 7.11 Å². The number of para-hydroxylation sites is 1. The first-order valence-corrected chi connectivity index (χ1v) is 9.02. The molecule has 0 atom stereocenters. The van der Waals surface area contributed by atoms with Crippen molar-refractivity contribution in [3.8, 4) is 5.69 Å². The second kappa shape index (κ2) is 7.66. The maximum absolute atomic E-state index is 12.5. The lowest BCUT2D eigenvalue weighted by Crippen LogP contribution is -2.25. The Balaban J connectivity index is 2.00. The van der Waals surface area contributed by atoms with E-state index < -0.39 is 5.97 Å². The molecular weight excluding hydrogens is 324 g/mol. The maximum Gasteiger partial charge on any atom is 0.359 e. The molecule has 24 heavy (non-hydrogen) atoms. The first-order chi connectivity index (χ1) is 11.7. The molecule has 1 aliphatic rings. The molecule has 1 saturated carbocycles. The molecule has 0 radical (unpaired) electrons. The first-order valence-electron chi connectivity index (χ1n) is 8.14. The Morgan fingerprint density at radius 3 is 2.58 bits per heavy atom. The third-order valence-corrected chi connectivity index (χ3v) is 5.49. The molecule has 0 amide bonds. The number of ether oxygens (including phenoxy) is 1. The van der Waals surface area contributed by atoms with Crippen LogP contribution in [0.5, 0.6) is 0 Å². The van der Waals surface area contributed by atoms with Gasteiger partial charge in [0.15, 0.2) is 5.69 Å². The third-order valence-electron chi connectivity index (χ3n) is 4.12. The van der Waals surface area contributed by atoms with Gasteiger partial charge in [-0.2, -0.15) is 9.78 Å². The fourth-order valence-electron chi connectivity index (χ4n) is 2.88. The monoisotopic (exact) mass is 344 g/mol. The van der Waals surface area contributed by atoms with Crippen molar-refractivity contribution in [1.29, 1.82) is 0 Å². The Morgan fingerprint density at radius 2 is 1.92 bits per heavy atom. The van der Waals surface area contributed by atoms with Gasteiger partial charge in [0.25, 0.3) is 5.56 Å². The number of benzene rings is 1. The summed E-state index contributed by atoms with van der Waals surface area (Å²) in [6.45, 7) is 0. The van der Waals surface area contributed by atoms with Gasteiger partial charge in [-0.25, -0.2) is 4.79 Å². The van der Waals surface area contributed by atoms with E-state index in [1.807, 2.05) is 18.2 Å². The van der Waals surface area contributed by atoms with Crippen molar-refractivity contribution < 1.29 is 9.53 Å². The molecule has 1 aromatic carbocycles. The highest BCUT2D eigenvalue weighted by Gasteiger charge is 2.22. The summed E-state index contributed by atoms with van der Waals surface area (Å²) >= 11 is 1.58. The Bertz CT molecular complexity index is 768. The zero-order chi connectivity index (χ0) is 16.9. The van der Waals surface area contributed by atoms with E-state index >= 15 is 0 Å². The van der Waals surface area contributed by atoms with Gasteiger partial charge < -0.3 is 4.74 Å². The fraction of sp³-hybridized carbons (Fsp3) is 0.389. The molecule has 126 valence electrons. The van der Waals surface area contributed by atoms with Gasteiger partial charge in [-0.3, -0.25) is 4.79 Å². The number of thioether (sulfide) groups is 1. The Hall–Kier alpha value is -2.08. The molecule has 0 unspecified atom stereocenters. The quantitative estimate of drug-likeness (QED) is 0.795. The molecule has 1 fully saturated rings. The van der Waals surface area contributed by atoms with Crippen LogP contribution in [0.25, 0.3) is 5.69 Å². The van der Waals surface area contributed by atoms with E-state index in [4.69, 9.17) is 4.74 Å². The number of methoxy groups -OCH3 is 1. The summed E-state index contributed by atoms with van der Waals surface area (Å²) < 4.78 is 6.11. The molecule has 1 heterocycles. The van der Waals surface area contributed by atoms with Gasteiger partial charge >= 0.3 is 5.97 Å². The van der Waals surface area contributed by atoms with Crippen LogP contribution in [-0.2, 0) is 4.74 Å². The van der Waals surface area contributed by atoms with E-state index in [2.05, 4.69) is 5.10 Å². The van der Waals surface area contributed by atoms with Crippen molar-refractivity contribution in [3.63, 3.8) is 0 Å². The molecular formula is C18H20N2O3S.